The molecule has 106 valence electrons. The zero-order chi connectivity index (χ0) is 14.5. The summed E-state index contributed by atoms with van der Waals surface area (Å²) in [5.74, 6) is -1.51. The molecule has 0 aliphatic rings. The first kappa shape index (κ1) is 15.0. The van der Waals surface area contributed by atoms with E-state index in [1.807, 2.05) is 0 Å². The molecule has 0 atom stereocenters. The average molecular weight is 276 g/mol. The second kappa shape index (κ2) is 6.21. The van der Waals surface area contributed by atoms with Gasteiger partial charge in [-0.25, -0.2) is 4.79 Å². The van der Waals surface area contributed by atoms with E-state index in [1.165, 1.54) is 39.3 Å². The Labute approximate surface area is 109 Å². The molecule has 0 aliphatic carbocycles. The minimum atomic E-state index is -4.08. The fraction of sp³-hybridized carbons (Fsp3) is 0.417. The summed E-state index contributed by atoms with van der Waals surface area (Å²) in [5, 5.41) is 0. The molecule has 5 nitrogen and oxygen atoms in total. The van der Waals surface area contributed by atoms with Crippen LogP contribution in [0, 0.1) is 0 Å². The third-order valence-electron chi connectivity index (χ3n) is 2.08. The zero-order valence-corrected chi connectivity index (χ0v) is 10.7. The highest BCUT2D eigenvalue weighted by Gasteiger charge is 2.44. The van der Waals surface area contributed by atoms with E-state index in [0.717, 1.165) is 0 Å². The number of carbonyl (C=O) groups excluding carboxylic acids is 1. The van der Waals surface area contributed by atoms with Crippen LogP contribution in [-0.2, 0) is 9.53 Å². The number of rotatable bonds is 6. The highest BCUT2D eigenvalue weighted by molar-refractivity contribution is 5.76. The Hall–Kier alpha value is -2.05. The Kier molecular flexibility index (Phi) is 4.91. The third-order valence-corrected chi connectivity index (χ3v) is 2.08. The topological polar surface area (TPSA) is 54.0 Å². The summed E-state index contributed by atoms with van der Waals surface area (Å²) in [5.41, 5.74) is 0. The van der Waals surface area contributed by atoms with E-state index in [4.69, 9.17) is 9.47 Å². The van der Waals surface area contributed by atoms with Gasteiger partial charge in [-0.2, -0.15) is 8.78 Å². The van der Waals surface area contributed by atoms with Crippen molar-refractivity contribution < 1.29 is 32.5 Å². The van der Waals surface area contributed by atoms with Gasteiger partial charge in [-0.05, 0) is 6.92 Å². The van der Waals surface area contributed by atoms with Crippen molar-refractivity contribution in [3.63, 3.8) is 0 Å². The number of esters is 1. The summed E-state index contributed by atoms with van der Waals surface area (Å²) in [6.45, 7) is 1.25. The molecule has 0 bridgehead atoms. The van der Waals surface area contributed by atoms with Gasteiger partial charge in [-0.15, -0.1) is 0 Å². The molecule has 0 fully saturated rings. The van der Waals surface area contributed by atoms with E-state index in [9.17, 15) is 13.6 Å². The number of ether oxygens (including phenoxy) is 4. The molecule has 0 heterocycles. The Bertz CT molecular complexity index is 425. The number of methoxy groups -OCH3 is 2. The molecule has 0 aliphatic heterocycles. The summed E-state index contributed by atoms with van der Waals surface area (Å²) in [6.07, 6.45) is -4.08. The zero-order valence-electron chi connectivity index (χ0n) is 10.7. The SMILES string of the molecule is CCOC(=O)C(F)(F)Oc1cc(OC)cc(OC)c1. The van der Waals surface area contributed by atoms with Gasteiger partial charge < -0.3 is 18.9 Å². The van der Waals surface area contributed by atoms with Gasteiger partial charge in [0.2, 0.25) is 0 Å². The van der Waals surface area contributed by atoms with E-state index in [-0.39, 0.29) is 23.9 Å². The van der Waals surface area contributed by atoms with Gasteiger partial charge >= 0.3 is 12.1 Å². The monoisotopic (exact) mass is 276 g/mol. The largest absolute Gasteiger partial charge is 0.502 e. The molecular weight excluding hydrogens is 262 g/mol. The van der Waals surface area contributed by atoms with E-state index < -0.39 is 12.1 Å². The molecule has 0 saturated carbocycles. The molecule has 0 spiro atoms. The first-order valence-corrected chi connectivity index (χ1v) is 5.40. The summed E-state index contributed by atoms with van der Waals surface area (Å²) in [7, 11) is 2.73. The lowest BCUT2D eigenvalue weighted by Gasteiger charge is -2.17. The molecule has 19 heavy (non-hydrogen) atoms. The van der Waals surface area contributed by atoms with Crippen LogP contribution in [-0.4, -0.2) is 32.9 Å². The molecule has 1 rings (SSSR count). The van der Waals surface area contributed by atoms with Crippen molar-refractivity contribution in [1.82, 2.24) is 0 Å². The van der Waals surface area contributed by atoms with Crippen molar-refractivity contribution in [3.8, 4) is 17.2 Å². The highest BCUT2D eigenvalue weighted by Crippen LogP contribution is 2.31. The van der Waals surface area contributed by atoms with Crippen molar-refractivity contribution in [2.45, 2.75) is 13.0 Å². The van der Waals surface area contributed by atoms with Gasteiger partial charge in [0.25, 0.3) is 0 Å². The summed E-state index contributed by atoms with van der Waals surface area (Å²) < 4.78 is 45.1. The third kappa shape index (κ3) is 3.97. The quantitative estimate of drug-likeness (QED) is 0.746. The maximum absolute atomic E-state index is 13.4. The maximum Gasteiger partial charge on any atom is 0.502 e. The number of hydrogen-bond donors (Lipinski definition) is 0. The number of hydrogen-bond acceptors (Lipinski definition) is 5. The summed E-state index contributed by atoms with van der Waals surface area (Å²) in [6, 6.07) is 3.89. The normalized spacial score (nSPS) is 10.8. The van der Waals surface area contributed by atoms with Crippen LogP contribution in [0.2, 0.25) is 0 Å². The molecule has 0 N–H and O–H groups in total. The van der Waals surface area contributed by atoms with Gasteiger partial charge in [-0.3, -0.25) is 0 Å². The van der Waals surface area contributed by atoms with Gasteiger partial charge in [0.05, 0.1) is 20.8 Å². The molecule has 0 unspecified atom stereocenters. The smallest absolute Gasteiger partial charge is 0.496 e. The van der Waals surface area contributed by atoms with Gasteiger partial charge in [0, 0.05) is 18.2 Å². The fourth-order valence-corrected chi connectivity index (χ4v) is 1.25. The van der Waals surface area contributed by atoms with Crippen LogP contribution in [0.15, 0.2) is 18.2 Å². The predicted octanol–water partition coefficient (Wildman–Crippen LogP) is 2.24. The first-order valence-electron chi connectivity index (χ1n) is 5.40. The maximum atomic E-state index is 13.4. The van der Waals surface area contributed by atoms with Gasteiger partial charge in [-0.1, -0.05) is 0 Å². The summed E-state index contributed by atoms with van der Waals surface area (Å²) >= 11 is 0. The van der Waals surface area contributed by atoms with Crippen LogP contribution in [0.1, 0.15) is 6.92 Å². The second-order valence-corrected chi connectivity index (χ2v) is 3.39. The first-order chi connectivity index (χ1) is 8.92. The molecule has 0 aromatic heterocycles. The van der Waals surface area contributed by atoms with E-state index in [2.05, 4.69) is 9.47 Å². The van der Waals surface area contributed by atoms with E-state index in [1.54, 1.807) is 0 Å². The molecule has 1 aromatic rings. The average Bonchev–Trinajstić information content (AvgIpc) is 2.37. The Morgan fingerprint density at radius 3 is 2.00 bits per heavy atom. The Morgan fingerprint density at radius 1 is 1.11 bits per heavy atom. The van der Waals surface area contributed by atoms with Crippen LogP contribution in [0.5, 0.6) is 17.2 Å². The molecular formula is C12H14F2O5. The molecule has 0 saturated heterocycles. The van der Waals surface area contributed by atoms with Crippen molar-refractivity contribution in [3.05, 3.63) is 18.2 Å². The lowest BCUT2D eigenvalue weighted by molar-refractivity contribution is -0.216. The van der Waals surface area contributed by atoms with Crippen molar-refractivity contribution in [2.75, 3.05) is 20.8 Å². The second-order valence-electron chi connectivity index (χ2n) is 3.39. The highest BCUT2D eigenvalue weighted by atomic mass is 19.3. The van der Waals surface area contributed by atoms with E-state index >= 15 is 0 Å². The van der Waals surface area contributed by atoms with Crippen LogP contribution < -0.4 is 14.2 Å². The standard InChI is InChI=1S/C12H14F2O5/c1-4-18-11(15)12(13,14)19-10-6-8(16-2)5-9(7-10)17-3/h5-7H,4H2,1-3H3. The van der Waals surface area contributed by atoms with Crippen LogP contribution in [0.25, 0.3) is 0 Å². The van der Waals surface area contributed by atoms with Crippen molar-refractivity contribution in [1.29, 1.82) is 0 Å². The number of halogens is 2. The van der Waals surface area contributed by atoms with Crippen LogP contribution in [0.3, 0.4) is 0 Å². The molecule has 1 aromatic carbocycles. The minimum absolute atomic E-state index is 0.167. The predicted molar refractivity (Wildman–Crippen MR) is 61.8 cm³/mol. The minimum Gasteiger partial charge on any atom is -0.496 e. The van der Waals surface area contributed by atoms with Crippen LogP contribution >= 0.6 is 0 Å². The number of carbonyl (C=O) groups is 1. The molecule has 0 radical (unpaired) electrons. The lowest BCUT2D eigenvalue weighted by atomic mass is 10.3. The van der Waals surface area contributed by atoms with Crippen molar-refractivity contribution in [2.24, 2.45) is 0 Å². The van der Waals surface area contributed by atoms with Crippen molar-refractivity contribution >= 4 is 5.97 Å². The van der Waals surface area contributed by atoms with Gasteiger partial charge in [0.15, 0.2) is 0 Å². The number of benzene rings is 1. The summed E-state index contributed by atoms with van der Waals surface area (Å²) in [4.78, 5) is 11.0. The number of alkyl halides is 2. The molecule has 7 heteroatoms. The van der Waals surface area contributed by atoms with E-state index in [0.29, 0.717) is 0 Å². The lowest BCUT2D eigenvalue weighted by Crippen LogP contribution is -2.36. The van der Waals surface area contributed by atoms with Gasteiger partial charge in [0.1, 0.15) is 17.2 Å². The molecule has 0 amide bonds. The van der Waals surface area contributed by atoms with Crippen LogP contribution in [0.4, 0.5) is 8.78 Å². The Balaban J connectivity index is 2.94. The fourth-order valence-electron chi connectivity index (χ4n) is 1.25. The Morgan fingerprint density at radius 2 is 1.58 bits per heavy atom.